The molecule has 1 aromatic rings. The second-order valence-corrected chi connectivity index (χ2v) is 7.47. The van der Waals surface area contributed by atoms with Gasteiger partial charge in [-0.05, 0) is 37.1 Å². The van der Waals surface area contributed by atoms with E-state index in [0.717, 1.165) is 43.1 Å². The molecule has 3 amide bonds. The van der Waals surface area contributed by atoms with Crippen LogP contribution in [0.3, 0.4) is 0 Å². The highest BCUT2D eigenvalue weighted by molar-refractivity contribution is 7.99. The number of hydrogen-bond donors (Lipinski definition) is 1. The van der Waals surface area contributed by atoms with Crippen molar-refractivity contribution in [1.82, 2.24) is 14.8 Å². The van der Waals surface area contributed by atoms with Crippen molar-refractivity contribution in [3.05, 3.63) is 18.3 Å². The fourth-order valence-electron chi connectivity index (χ4n) is 3.34. The molecule has 2 aliphatic heterocycles. The number of thioether (sulfide) groups is 1. The average molecular weight is 348 g/mol. The third-order valence-electron chi connectivity index (χ3n) is 4.51. The van der Waals surface area contributed by atoms with Gasteiger partial charge >= 0.3 is 6.03 Å². The van der Waals surface area contributed by atoms with Crippen molar-refractivity contribution in [1.29, 1.82) is 0 Å². The zero-order valence-corrected chi connectivity index (χ0v) is 14.8. The number of amides is 3. The average Bonchev–Trinajstić information content (AvgIpc) is 3.03. The summed E-state index contributed by atoms with van der Waals surface area (Å²) in [6.07, 6.45) is 5.21. The third-order valence-corrected chi connectivity index (χ3v) is 5.34. The molecule has 0 aromatic carbocycles. The van der Waals surface area contributed by atoms with Crippen LogP contribution in [0.1, 0.15) is 32.6 Å². The first-order chi connectivity index (χ1) is 11.7. The van der Waals surface area contributed by atoms with Gasteiger partial charge in [-0.3, -0.25) is 4.79 Å². The Morgan fingerprint density at radius 3 is 2.92 bits per heavy atom. The van der Waals surface area contributed by atoms with Crippen LogP contribution < -0.4 is 5.32 Å². The molecule has 3 heterocycles. The van der Waals surface area contributed by atoms with Gasteiger partial charge in [-0.1, -0.05) is 6.92 Å². The number of hydrogen-bond acceptors (Lipinski definition) is 4. The van der Waals surface area contributed by atoms with Crippen molar-refractivity contribution >= 4 is 29.4 Å². The molecule has 0 unspecified atom stereocenters. The van der Waals surface area contributed by atoms with Gasteiger partial charge in [-0.25, -0.2) is 9.78 Å². The van der Waals surface area contributed by atoms with Crippen LogP contribution in [-0.4, -0.2) is 58.2 Å². The summed E-state index contributed by atoms with van der Waals surface area (Å²) in [5.74, 6) is 1.21. The second-order valence-electron chi connectivity index (χ2n) is 6.18. The molecule has 0 aliphatic carbocycles. The summed E-state index contributed by atoms with van der Waals surface area (Å²) in [4.78, 5) is 32.5. The lowest BCUT2D eigenvalue weighted by atomic mass is 10.0. The highest BCUT2D eigenvalue weighted by Gasteiger charge is 2.32. The highest BCUT2D eigenvalue weighted by atomic mass is 32.2. The number of rotatable bonds is 4. The summed E-state index contributed by atoms with van der Waals surface area (Å²) in [6.45, 7) is 4.27. The number of aromatic nitrogens is 1. The van der Waals surface area contributed by atoms with Crippen LogP contribution in [0.4, 0.5) is 10.5 Å². The van der Waals surface area contributed by atoms with E-state index in [-0.39, 0.29) is 18.0 Å². The van der Waals surface area contributed by atoms with Crippen molar-refractivity contribution in [3.8, 4) is 0 Å². The molecule has 0 bridgehead atoms. The highest BCUT2D eigenvalue weighted by Crippen LogP contribution is 2.22. The number of urea groups is 1. The van der Waals surface area contributed by atoms with E-state index in [1.54, 1.807) is 18.0 Å². The first-order valence-corrected chi connectivity index (χ1v) is 9.60. The van der Waals surface area contributed by atoms with Crippen LogP contribution in [-0.2, 0) is 4.79 Å². The number of likely N-dealkylation sites (tertiary alicyclic amines) is 2. The predicted molar refractivity (Wildman–Crippen MR) is 95.2 cm³/mol. The maximum absolute atomic E-state index is 12.5. The largest absolute Gasteiger partial charge is 0.338 e. The Hall–Kier alpha value is -1.76. The van der Waals surface area contributed by atoms with Gasteiger partial charge in [-0.15, -0.1) is 11.8 Å². The number of carbonyl (C=O) groups is 2. The van der Waals surface area contributed by atoms with E-state index in [1.807, 2.05) is 21.9 Å². The molecule has 7 heteroatoms. The molecule has 0 spiro atoms. The lowest BCUT2D eigenvalue weighted by molar-refractivity contribution is -0.130. The maximum atomic E-state index is 12.5. The van der Waals surface area contributed by atoms with Crippen molar-refractivity contribution in [2.75, 3.05) is 30.7 Å². The number of carbonyl (C=O) groups excluding carboxylic acids is 2. The quantitative estimate of drug-likeness (QED) is 0.850. The van der Waals surface area contributed by atoms with E-state index >= 15 is 0 Å². The minimum absolute atomic E-state index is 0.107. The molecule has 24 heavy (non-hydrogen) atoms. The monoisotopic (exact) mass is 348 g/mol. The number of pyridine rings is 1. The van der Waals surface area contributed by atoms with Gasteiger partial charge < -0.3 is 15.1 Å². The third kappa shape index (κ3) is 4.01. The van der Waals surface area contributed by atoms with Gasteiger partial charge in [0.2, 0.25) is 5.91 Å². The molecule has 1 atom stereocenters. The van der Waals surface area contributed by atoms with E-state index in [1.165, 1.54) is 0 Å². The van der Waals surface area contributed by atoms with Gasteiger partial charge in [0.1, 0.15) is 0 Å². The first kappa shape index (κ1) is 17.1. The summed E-state index contributed by atoms with van der Waals surface area (Å²) in [5.41, 5.74) is 0.708. The molecule has 0 saturated carbocycles. The lowest BCUT2D eigenvalue weighted by Crippen LogP contribution is -2.51. The van der Waals surface area contributed by atoms with E-state index < -0.39 is 0 Å². The van der Waals surface area contributed by atoms with Crippen molar-refractivity contribution < 1.29 is 9.59 Å². The smallest absolute Gasteiger partial charge is 0.321 e. The zero-order valence-electron chi connectivity index (χ0n) is 14.0. The molecule has 2 aliphatic rings. The standard InChI is InChI=1S/C17H24N4O2S/c1-2-24-15-8-7-13(11-18-15)19-17(23)20-9-3-5-14(12-20)21-10-4-6-16(21)22/h7-8,11,14H,2-6,9-10,12H2,1H3,(H,19,23)/t14-/m1/s1. The number of anilines is 1. The summed E-state index contributed by atoms with van der Waals surface area (Å²) in [5, 5.41) is 3.87. The molecule has 1 N–H and O–H groups in total. The van der Waals surface area contributed by atoms with Gasteiger partial charge in [0.15, 0.2) is 0 Å². The van der Waals surface area contributed by atoms with Crippen molar-refractivity contribution in [3.63, 3.8) is 0 Å². The normalized spacial score (nSPS) is 21.2. The Bertz CT molecular complexity index is 593. The number of nitrogens with zero attached hydrogens (tertiary/aromatic N) is 3. The minimum atomic E-state index is -0.107. The van der Waals surface area contributed by atoms with Crippen LogP contribution in [0.2, 0.25) is 0 Å². The summed E-state index contributed by atoms with van der Waals surface area (Å²) >= 11 is 1.67. The predicted octanol–water partition coefficient (Wildman–Crippen LogP) is 2.81. The summed E-state index contributed by atoms with van der Waals surface area (Å²) in [6, 6.07) is 3.87. The molecule has 2 fully saturated rings. The van der Waals surface area contributed by atoms with Crippen molar-refractivity contribution in [2.45, 2.75) is 43.7 Å². The van der Waals surface area contributed by atoms with E-state index in [0.29, 0.717) is 18.7 Å². The molecule has 1 aromatic heterocycles. The van der Waals surface area contributed by atoms with Gasteiger partial charge in [0, 0.05) is 32.1 Å². The zero-order chi connectivity index (χ0) is 16.9. The van der Waals surface area contributed by atoms with E-state index in [4.69, 9.17) is 0 Å². The summed E-state index contributed by atoms with van der Waals surface area (Å²) in [7, 11) is 0. The minimum Gasteiger partial charge on any atom is -0.338 e. The lowest BCUT2D eigenvalue weighted by Gasteiger charge is -2.37. The molecular weight excluding hydrogens is 324 g/mol. The fraction of sp³-hybridized carbons (Fsp3) is 0.588. The SMILES string of the molecule is CCSc1ccc(NC(=O)N2CCC[C@@H](N3CCCC3=O)C2)cn1. The summed E-state index contributed by atoms with van der Waals surface area (Å²) < 4.78 is 0. The van der Waals surface area contributed by atoms with Gasteiger partial charge in [0.25, 0.3) is 0 Å². The molecule has 0 radical (unpaired) electrons. The first-order valence-electron chi connectivity index (χ1n) is 8.61. The Labute approximate surface area is 147 Å². The maximum Gasteiger partial charge on any atom is 0.321 e. The molecule has 130 valence electrons. The van der Waals surface area contributed by atoms with Crippen molar-refractivity contribution in [2.24, 2.45) is 0 Å². The van der Waals surface area contributed by atoms with Crippen LogP contribution in [0, 0.1) is 0 Å². The van der Waals surface area contributed by atoms with Crippen LogP contribution >= 0.6 is 11.8 Å². The van der Waals surface area contributed by atoms with E-state index in [2.05, 4.69) is 17.2 Å². The Balaban J connectivity index is 1.57. The Morgan fingerprint density at radius 2 is 2.25 bits per heavy atom. The van der Waals surface area contributed by atoms with E-state index in [9.17, 15) is 9.59 Å². The molecule has 2 saturated heterocycles. The van der Waals surface area contributed by atoms with Gasteiger partial charge in [0.05, 0.1) is 16.9 Å². The second kappa shape index (κ2) is 7.88. The number of nitrogens with one attached hydrogen (secondary N) is 1. The molecular formula is C17H24N4O2S. The number of piperidine rings is 1. The Morgan fingerprint density at radius 1 is 1.38 bits per heavy atom. The van der Waals surface area contributed by atoms with Crippen LogP contribution in [0.15, 0.2) is 23.4 Å². The fourth-order valence-corrected chi connectivity index (χ4v) is 3.93. The van der Waals surface area contributed by atoms with Crippen LogP contribution in [0.5, 0.6) is 0 Å². The molecule has 3 rings (SSSR count). The molecule has 6 nitrogen and oxygen atoms in total. The topological polar surface area (TPSA) is 65.5 Å². The van der Waals surface area contributed by atoms with Crippen LogP contribution in [0.25, 0.3) is 0 Å². The Kier molecular flexibility index (Phi) is 5.60. The van der Waals surface area contributed by atoms with Gasteiger partial charge in [-0.2, -0.15) is 0 Å².